The number of nitrogens with zero attached hydrogens (tertiary/aromatic N) is 5. The fourth-order valence-corrected chi connectivity index (χ4v) is 1.84. The van der Waals surface area contributed by atoms with Crippen LogP contribution in [-0.2, 0) is 4.74 Å². The van der Waals surface area contributed by atoms with Gasteiger partial charge in [0, 0.05) is 26.9 Å². The molecule has 2 heterocycles. The van der Waals surface area contributed by atoms with Crippen LogP contribution in [0.1, 0.15) is 5.69 Å². The minimum atomic E-state index is -0.555. The summed E-state index contributed by atoms with van der Waals surface area (Å²) < 4.78 is 6.57. The fraction of sp³-hybridized carbons (Fsp3) is 0.462. The molecule has 7 heteroatoms. The van der Waals surface area contributed by atoms with E-state index < -0.39 is 6.10 Å². The first-order valence-electron chi connectivity index (χ1n) is 6.34. The molecule has 1 N–H and O–H groups in total. The molecule has 0 saturated carbocycles. The molecule has 0 aliphatic heterocycles. The highest BCUT2D eigenvalue weighted by Crippen LogP contribution is 2.10. The Hall–Kier alpha value is -1.99. The molecule has 0 amide bonds. The van der Waals surface area contributed by atoms with E-state index in [4.69, 9.17) is 4.74 Å². The zero-order valence-corrected chi connectivity index (χ0v) is 11.9. The molecule has 1 atom stereocenters. The molecule has 2 aromatic rings. The second-order valence-corrected chi connectivity index (χ2v) is 4.64. The van der Waals surface area contributed by atoms with Crippen LogP contribution in [0.5, 0.6) is 0 Å². The number of likely N-dealkylation sites (N-methyl/N-ethyl adjacent to an activating group) is 1. The van der Waals surface area contributed by atoms with Crippen LogP contribution in [0.15, 0.2) is 24.4 Å². The van der Waals surface area contributed by atoms with Crippen LogP contribution >= 0.6 is 0 Å². The summed E-state index contributed by atoms with van der Waals surface area (Å²) in [4.78, 5) is 1.83. The number of methoxy groups -OCH3 is 1. The Labute approximate surface area is 117 Å². The lowest BCUT2D eigenvalue weighted by atomic mass is 10.3. The topological polar surface area (TPSA) is 76.3 Å². The summed E-state index contributed by atoms with van der Waals surface area (Å²) in [6, 6.07) is 5.59. The Balaban J connectivity index is 2.04. The molecule has 0 aliphatic rings. The molecule has 0 spiro atoms. The summed E-state index contributed by atoms with van der Waals surface area (Å²) in [5.41, 5.74) is 0.927. The van der Waals surface area contributed by atoms with Gasteiger partial charge in [-0.2, -0.15) is 5.10 Å². The average Bonchev–Trinajstić information content (AvgIpc) is 2.86. The number of hydrogen-bond acceptors (Lipinski definition) is 6. The number of rotatable bonds is 6. The van der Waals surface area contributed by atoms with Gasteiger partial charge in [-0.05, 0) is 25.1 Å². The lowest BCUT2D eigenvalue weighted by Gasteiger charge is -2.20. The van der Waals surface area contributed by atoms with Crippen LogP contribution < -0.4 is 4.90 Å². The number of anilines is 1. The number of ether oxygens (including phenoxy) is 1. The second kappa shape index (κ2) is 6.44. The van der Waals surface area contributed by atoms with Gasteiger partial charge in [-0.3, -0.25) is 0 Å². The molecule has 2 aromatic heterocycles. The summed E-state index contributed by atoms with van der Waals surface area (Å²) in [5.74, 6) is 1.35. The van der Waals surface area contributed by atoms with E-state index in [1.807, 2.05) is 43.3 Å². The van der Waals surface area contributed by atoms with Crippen LogP contribution in [0.4, 0.5) is 5.82 Å². The third-order valence-corrected chi connectivity index (χ3v) is 2.83. The minimum absolute atomic E-state index is 0.294. The maximum Gasteiger partial charge on any atom is 0.175 e. The first kappa shape index (κ1) is 14.4. The van der Waals surface area contributed by atoms with E-state index in [0.29, 0.717) is 24.8 Å². The van der Waals surface area contributed by atoms with Crippen molar-refractivity contribution in [3.63, 3.8) is 0 Å². The van der Waals surface area contributed by atoms with Gasteiger partial charge < -0.3 is 14.7 Å². The molecule has 7 nitrogen and oxygen atoms in total. The maximum atomic E-state index is 9.69. The number of aliphatic hydroxyl groups is 1. The summed E-state index contributed by atoms with van der Waals surface area (Å²) in [7, 11) is 3.41. The molecular formula is C13H19N5O2. The van der Waals surface area contributed by atoms with Crippen molar-refractivity contribution in [2.24, 2.45) is 0 Å². The van der Waals surface area contributed by atoms with Gasteiger partial charge in [-0.15, -0.1) is 10.2 Å². The summed E-state index contributed by atoms with van der Waals surface area (Å²) in [6.07, 6.45) is 1.28. The van der Waals surface area contributed by atoms with Crippen molar-refractivity contribution >= 4 is 5.82 Å². The molecule has 1 unspecified atom stereocenters. The SMILES string of the molecule is COCC(O)CN(C)c1ccc(-n2ccc(C)n2)nn1. The molecule has 0 aromatic carbocycles. The van der Waals surface area contributed by atoms with Crippen molar-refractivity contribution in [1.82, 2.24) is 20.0 Å². The number of aryl methyl sites for hydroxylation is 1. The Kier molecular flexibility index (Phi) is 4.65. The molecule has 2 rings (SSSR count). The van der Waals surface area contributed by atoms with E-state index in [1.54, 1.807) is 11.8 Å². The van der Waals surface area contributed by atoms with Crippen molar-refractivity contribution in [3.05, 3.63) is 30.1 Å². The molecule has 108 valence electrons. The van der Waals surface area contributed by atoms with Crippen molar-refractivity contribution in [2.75, 3.05) is 32.2 Å². The van der Waals surface area contributed by atoms with E-state index >= 15 is 0 Å². The molecule has 20 heavy (non-hydrogen) atoms. The van der Waals surface area contributed by atoms with E-state index in [2.05, 4.69) is 15.3 Å². The van der Waals surface area contributed by atoms with Crippen LogP contribution in [0.3, 0.4) is 0 Å². The first-order valence-corrected chi connectivity index (χ1v) is 6.34. The van der Waals surface area contributed by atoms with Crippen molar-refractivity contribution < 1.29 is 9.84 Å². The molecule has 0 fully saturated rings. The highest BCUT2D eigenvalue weighted by molar-refractivity contribution is 5.38. The second-order valence-electron chi connectivity index (χ2n) is 4.64. The Morgan fingerprint density at radius 2 is 2.15 bits per heavy atom. The zero-order valence-electron chi connectivity index (χ0n) is 11.9. The van der Waals surface area contributed by atoms with Crippen LogP contribution in [0.25, 0.3) is 5.82 Å². The van der Waals surface area contributed by atoms with Crippen molar-refractivity contribution in [1.29, 1.82) is 0 Å². The number of aliphatic hydroxyl groups excluding tert-OH is 1. The van der Waals surface area contributed by atoms with Gasteiger partial charge in [0.05, 0.1) is 18.4 Å². The lowest BCUT2D eigenvalue weighted by Crippen LogP contribution is -2.32. The monoisotopic (exact) mass is 277 g/mol. The largest absolute Gasteiger partial charge is 0.389 e. The maximum absolute atomic E-state index is 9.69. The fourth-order valence-electron chi connectivity index (χ4n) is 1.84. The highest BCUT2D eigenvalue weighted by Gasteiger charge is 2.10. The van der Waals surface area contributed by atoms with Crippen LogP contribution in [-0.4, -0.2) is 58.5 Å². The molecule has 0 radical (unpaired) electrons. The van der Waals surface area contributed by atoms with Crippen LogP contribution in [0, 0.1) is 6.92 Å². The number of hydrogen-bond donors (Lipinski definition) is 1. The summed E-state index contributed by atoms with van der Waals surface area (Å²) >= 11 is 0. The van der Waals surface area contributed by atoms with Gasteiger partial charge >= 0.3 is 0 Å². The van der Waals surface area contributed by atoms with Gasteiger partial charge in [0.25, 0.3) is 0 Å². The van der Waals surface area contributed by atoms with E-state index in [0.717, 1.165) is 5.69 Å². The minimum Gasteiger partial charge on any atom is -0.389 e. The molecular weight excluding hydrogens is 258 g/mol. The normalized spacial score (nSPS) is 12.4. The average molecular weight is 277 g/mol. The predicted molar refractivity (Wildman–Crippen MR) is 75.0 cm³/mol. The standard InChI is InChI=1S/C13H19N5O2/c1-10-6-7-18(16-10)13-5-4-12(14-15-13)17(2)8-11(19)9-20-3/h4-7,11,19H,8-9H2,1-3H3. The predicted octanol–water partition coefficient (Wildman–Crippen LogP) is 0.414. The molecule has 0 aliphatic carbocycles. The van der Waals surface area contributed by atoms with E-state index in [-0.39, 0.29) is 0 Å². The smallest absolute Gasteiger partial charge is 0.175 e. The van der Waals surface area contributed by atoms with Crippen molar-refractivity contribution in [2.45, 2.75) is 13.0 Å². The van der Waals surface area contributed by atoms with Gasteiger partial charge in [-0.1, -0.05) is 0 Å². The van der Waals surface area contributed by atoms with Gasteiger partial charge in [0.15, 0.2) is 11.6 Å². The third-order valence-electron chi connectivity index (χ3n) is 2.83. The molecule has 0 saturated heterocycles. The van der Waals surface area contributed by atoms with Gasteiger partial charge in [-0.25, -0.2) is 4.68 Å². The van der Waals surface area contributed by atoms with Crippen molar-refractivity contribution in [3.8, 4) is 5.82 Å². The Bertz CT molecular complexity index is 540. The lowest BCUT2D eigenvalue weighted by molar-refractivity contribution is 0.0694. The van der Waals surface area contributed by atoms with E-state index in [1.165, 1.54) is 0 Å². The highest BCUT2D eigenvalue weighted by atomic mass is 16.5. The summed E-state index contributed by atoms with van der Waals surface area (Å²) in [6.45, 7) is 2.65. The quantitative estimate of drug-likeness (QED) is 0.824. The Morgan fingerprint density at radius 3 is 2.70 bits per heavy atom. The first-order chi connectivity index (χ1) is 9.60. The van der Waals surface area contributed by atoms with E-state index in [9.17, 15) is 5.11 Å². The molecule has 0 bridgehead atoms. The van der Waals surface area contributed by atoms with Gasteiger partial charge in [0.1, 0.15) is 0 Å². The third kappa shape index (κ3) is 3.52. The van der Waals surface area contributed by atoms with Gasteiger partial charge in [0.2, 0.25) is 0 Å². The zero-order chi connectivity index (χ0) is 14.5. The Morgan fingerprint density at radius 1 is 1.35 bits per heavy atom. The summed E-state index contributed by atoms with van der Waals surface area (Å²) in [5, 5.41) is 22.2. The van der Waals surface area contributed by atoms with Crippen LogP contribution in [0.2, 0.25) is 0 Å². The number of aromatic nitrogens is 4.